The fourth-order valence-corrected chi connectivity index (χ4v) is 3.40. The van der Waals surface area contributed by atoms with Gasteiger partial charge in [0.15, 0.2) is 0 Å². The molecule has 2 heterocycles. The molecule has 0 spiro atoms. The number of H-pyrrole nitrogens is 1. The maximum absolute atomic E-state index is 12.5. The summed E-state index contributed by atoms with van der Waals surface area (Å²) >= 11 is 0. The van der Waals surface area contributed by atoms with Gasteiger partial charge in [0.05, 0.1) is 23.6 Å². The first-order valence-electron chi connectivity index (χ1n) is 8.82. The zero-order valence-corrected chi connectivity index (χ0v) is 14.8. The van der Waals surface area contributed by atoms with E-state index in [0.717, 1.165) is 12.2 Å². The second-order valence-electron chi connectivity index (χ2n) is 7.02. The minimum Gasteiger partial charge on any atom is -0.392 e. The predicted molar refractivity (Wildman–Crippen MR) is 96.3 cm³/mol. The molecular weight excluding hydrogens is 316 g/mol. The molecule has 3 rings (SSSR count). The summed E-state index contributed by atoms with van der Waals surface area (Å²) in [6, 6.07) is 10.3. The number of benzene rings is 1. The van der Waals surface area contributed by atoms with E-state index in [2.05, 4.69) is 32.5 Å². The zero-order chi connectivity index (χ0) is 17.8. The highest BCUT2D eigenvalue weighted by Crippen LogP contribution is 2.21. The van der Waals surface area contributed by atoms with E-state index in [1.54, 1.807) is 6.20 Å². The maximum atomic E-state index is 12.5. The number of aromatic nitrogens is 2. The fraction of sp³-hybridized carbons (Fsp3) is 0.474. The van der Waals surface area contributed by atoms with Crippen LogP contribution in [0.5, 0.6) is 0 Å². The second kappa shape index (κ2) is 7.80. The predicted octanol–water partition coefficient (Wildman–Crippen LogP) is 1.90. The summed E-state index contributed by atoms with van der Waals surface area (Å²) in [6.07, 6.45) is 1.91. The average Bonchev–Trinajstić information content (AvgIpc) is 3.20. The van der Waals surface area contributed by atoms with Gasteiger partial charge in [-0.2, -0.15) is 5.10 Å². The Bertz CT molecular complexity index is 698. The summed E-state index contributed by atoms with van der Waals surface area (Å²) in [7, 11) is 0. The molecule has 1 amide bonds. The zero-order valence-electron chi connectivity index (χ0n) is 14.8. The van der Waals surface area contributed by atoms with Crippen molar-refractivity contribution < 1.29 is 9.90 Å². The number of hydrogen-bond donors (Lipinski definition) is 3. The average molecular weight is 342 g/mol. The Morgan fingerprint density at radius 2 is 2.16 bits per heavy atom. The number of β-amino-alcohol motifs (C(OH)–C–C–N with tert-alkyl or cyclic N) is 1. The number of nitrogens with zero attached hydrogens (tertiary/aromatic N) is 2. The number of rotatable bonds is 6. The third-order valence-corrected chi connectivity index (χ3v) is 4.72. The molecule has 2 unspecified atom stereocenters. The molecule has 25 heavy (non-hydrogen) atoms. The highest BCUT2D eigenvalue weighted by molar-refractivity contribution is 5.95. The lowest BCUT2D eigenvalue weighted by molar-refractivity contribution is 0.0938. The lowest BCUT2D eigenvalue weighted by atomic mass is 10.1. The molecule has 0 radical (unpaired) electrons. The SMILES string of the molecule is CC(C)c1[nH]ncc1C(=O)NCC1CC(O)CN1Cc1ccccc1. The van der Waals surface area contributed by atoms with Gasteiger partial charge in [0.2, 0.25) is 0 Å². The van der Waals surface area contributed by atoms with Gasteiger partial charge < -0.3 is 10.4 Å². The minimum absolute atomic E-state index is 0.112. The van der Waals surface area contributed by atoms with E-state index in [0.29, 0.717) is 25.1 Å². The van der Waals surface area contributed by atoms with Crippen LogP contribution in [-0.2, 0) is 6.54 Å². The van der Waals surface area contributed by atoms with Gasteiger partial charge in [-0.25, -0.2) is 0 Å². The van der Waals surface area contributed by atoms with Crippen molar-refractivity contribution in [3.8, 4) is 0 Å². The number of likely N-dealkylation sites (tertiary alicyclic amines) is 1. The summed E-state index contributed by atoms with van der Waals surface area (Å²) in [6.45, 7) is 5.99. The summed E-state index contributed by atoms with van der Waals surface area (Å²) in [5, 5.41) is 19.9. The number of aliphatic hydroxyl groups is 1. The molecule has 1 aliphatic heterocycles. The van der Waals surface area contributed by atoms with Crippen LogP contribution in [0.15, 0.2) is 36.5 Å². The van der Waals surface area contributed by atoms with Crippen molar-refractivity contribution in [1.29, 1.82) is 0 Å². The van der Waals surface area contributed by atoms with Gasteiger partial charge in [0.25, 0.3) is 5.91 Å². The van der Waals surface area contributed by atoms with Crippen molar-refractivity contribution in [2.45, 2.75) is 44.9 Å². The first-order chi connectivity index (χ1) is 12.0. The van der Waals surface area contributed by atoms with E-state index in [1.807, 2.05) is 32.0 Å². The van der Waals surface area contributed by atoms with Crippen molar-refractivity contribution in [2.75, 3.05) is 13.1 Å². The van der Waals surface area contributed by atoms with Gasteiger partial charge in [-0.1, -0.05) is 44.2 Å². The molecule has 1 saturated heterocycles. The molecule has 6 nitrogen and oxygen atoms in total. The van der Waals surface area contributed by atoms with Crippen molar-refractivity contribution in [3.63, 3.8) is 0 Å². The van der Waals surface area contributed by atoms with Crippen LogP contribution in [0.4, 0.5) is 0 Å². The molecule has 1 aromatic carbocycles. The van der Waals surface area contributed by atoms with Crippen LogP contribution in [0, 0.1) is 0 Å². The van der Waals surface area contributed by atoms with Crippen LogP contribution in [0.25, 0.3) is 0 Å². The van der Waals surface area contributed by atoms with Crippen LogP contribution >= 0.6 is 0 Å². The molecule has 1 aliphatic rings. The van der Waals surface area contributed by atoms with Crippen LogP contribution in [0.3, 0.4) is 0 Å². The molecule has 0 saturated carbocycles. The van der Waals surface area contributed by atoms with Crippen LogP contribution < -0.4 is 5.32 Å². The smallest absolute Gasteiger partial charge is 0.254 e. The molecule has 1 aromatic heterocycles. The summed E-state index contributed by atoms with van der Waals surface area (Å²) in [5.41, 5.74) is 2.66. The van der Waals surface area contributed by atoms with Crippen molar-refractivity contribution >= 4 is 5.91 Å². The lowest BCUT2D eigenvalue weighted by Gasteiger charge is -2.24. The molecule has 3 N–H and O–H groups in total. The van der Waals surface area contributed by atoms with E-state index in [-0.39, 0.29) is 24.0 Å². The Kier molecular flexibility index (Phi) is 5.50. The van der Waals surface area contributed by atoms with Crippen LogP contribution in [0.2, 0.25) is 0 Å². The second-order valence-corrected chi connectivity index (χ2v) is 7.02. The fourth-order valence-electron chi connectivity index (χ4n) is 3.40. The van der Waals surface area contributed by atoms with Crippen LogP contribution in [0.1, 0.15) is 47.8 Å². The topological polar surface area (TPSA) is 81.2 Å². The van der Waals surface area contributed by atoms with Gasteiger partial charge in [-0.05, 0) is 17.9 Å². The molecule has 6 heteroatoms. The number of aromatic amines is 1. The number of amides is 1. The Morgan fingerprint density at radius 3 is 2.88 bits per heavy atom. The third-order valence-electron chi connectivity index (χ3n) is 4.72. The summed E-state index contributed by atoms with van der Waals surface area (Å²) < 4.78 is 0. The Morgan fingerprint density at radius 1 is 1.40 bits per heavy atom. The molecule has 134 valence electrons. The third kappa shape index (κ3) is 4.27. The number of aliphatic hydroxyl groups excluding tert-OH is 1. The van der Waals surface area contributed by atoms with Crippen molar-refractivity contribution in [1.82, 2.24) is 20.4 Å². The lowest BCUT2D eigenvalue weighted by Crippen LogP contribution is -2.40. The van der Waals surface area contributed by atoms with Crippen molar-refractivity contribution in [2.24, 2.45) is 0 Å². The van der Waals surface area contributed by atoms with E-state index in [1.165, 1.54) is 5.56 Å². The first-order valence-corrected chi connectivity index (χ1v) is 8.82. The van der Waals surface area contributed by atoms with E-state index in [9.17, 15) is 9.90 Å². The maximum Gasteiger partial charge on any atom is 0.254 e. The molecule has 2 aromatic rings. The number of nitrogens with one attached hydrogen (secondary N) is 2. The Hall–Kier alpha value is -2.18. The Labute approximate surface area is 148 Å². The largest absolute Gasteiger partial charge is 0.392 e. The molecule has 2 atom stereocenters. The number of carbonyl (C=O) groups excluding carboxylic acids is 1. The normalized spacial score (nSPS) is 21.0. The highest BCUT2D eigenvalue weighted by atomic mass is 16.3. The van der Waals surface area contributed by atoms with Gasteiger partial charge in [0.1, 0.15) is 0 Å². The molecular formula is C19H26N4O2. The molecule has 0 aliphatic carbocycles. The minimum atomic E-state index is -0.342. The summed E-state index contributed by atoms with van der Waals surface area (Å²) in [4.78, 5) is 14.7. The molecule has 1 fully saturated rings. The summed E-state index contributed by atoms with van der Waals surface area (Å²) in [5.74, 6) is 0.102. The highest BCUT2D eigenvalue weighted by Gasteiger charge is 2.31. The van der Waals surface area contributed by atoms with Crippen molar-refractivity contribution in [3.05, 3.63) is 53.3 Å². The van der Waals surface area contributed by atoms with Crippen LogP contribution in [-0.4, -0.2) is 51.3 Å². The number of hydrogen-bond acceptors (Lipinski definition) is 4. The first kappa shape index (κ1) is 17.6. The van der Waals surface area contributed by atoms with Gasteiger partial charge in [-0.15, -0.1) is 0 Å². The Balaban J connectivity index is 1.60. The quantitative estimate of drug-likeness (QED) is 0.749. The monoisotopic (exact) mass is 342 g/mol. The van der Waals surface area contributed by atoms with E-state index >= 15 is 0 Å². The van der Waals surface area contributed by atoms with Gasteiger partial charge >= 0.3 is 0 Å². The van der Waals surface area contributed by atoms with E-state index < -0.39 is 0 Å². The standard InChI is InChI=1S/C19H26N4O2/c1-13(2)18-17(10-21-22-18)19(25)20-9-15-8-16(24)12-23(15)11-14-6-4-3-5-7-14/h3-7,10,13,15-16,24H,8-9,11-12H2,1-2H3,(H,20,25)(H,21,22). The van der Waals surface area contributed by atoms with Gasteiger partial charge in [-0.3, -0.25) is 14.8 Å². The molecule has 0 bridgehead atoms. The number of carbonyl (C=O) groups is 1. The van der Waals surface area contributed by atoms with Gasteiger partial charge in [0, 0.05) is 25.7 Å². The van der Waals surface area contributed by atoms with E-state index in [4.69, 9.17) is 0 Å².